The molecule has 1 atom stereocenters. The molecule has 1 unspecified atom stereocenters. The second-order valence-corrected chi connectivity index (χ2v) is 9.60. The van der Waals surface area contributed by atoms with Gasteiger partial charge in [0.1, 0.15) is 28.5 Å². The number of nitriles is 2. The van der Waals surface area contributed by atoms with E-state index in [2.05, 4.69) is 27.4 Å². The average Bonchev–Trinajstić information content (AvgIpc) is 3.36. The monoisotopic (exact) mass is 484 g/mol. The van der Waals surface area contributed by atoms with E-state index < -0.39 is 5.25 Å². The highest BCUT2D eigenvalue weighted by atomic mass is 32.2. The number of nitrogen functional groups attached to an aromatic ring is 1. The number of hydrogen-bond acceptors (Lipinski definition) is 8. The van der Waals surface area contributed by atoms with Gasteiger partial charge in [-0.2, -0.15) is 10.5 Å². The van der Waals surface area contributed by atoms with E-state index in [1.807, 2.05) is 61.7 Å². The van der Waals surface area contributed by atoms with Crippen molar-refractivity contribution in [2.24, 2.45) is 0 Å². The average molecular weight is 485 g/mol. The lowest BCUT2D eigenvalue weighted by Gasteiger charge is -2.18. The Labute approximate surface area is 205 Å². The number of thiophene rings is 1. The summed E-state index contributed by atoms with van der Waals surface area (Å²) < 4.78 is 0. The number of hydrogen-bond donors (Lipinski definition) is 2. The minimum atomic E-state index is -0.532. The van der Waals surface area contributed by atoms with E-state index in [0.29, 0.717) is 22.7 Å². The van der Waals surface area contributed by atoms with Gasteiger partial charge in [0.15, 0.2) is 0 Å². The van der Waals surface area contributed by atoms with Crippen LogP contribution in [0.25, 0.3) is 21.3 Å². The number of aromatic nitrogens is 2. The molecule has 0 saturated carbocycles. The number of amides is 1. The van der Waals surface area contributed by atoms with Gasteiger partial charge in [0, 0.05) is 21.5 Å². The van der Waals surface area contributed by atoms with Gasteiger partial charge < -0.3 is 11.1 Å². The molecule has 4 rings (SSSR count). The number of anilines is 2. The van der Waals surface area contributed by atoms with Crippen molar-refractivity contribution < 1.29 is 4.79 Å². The summed E-state index contributed by atoms with van der Waals surface area (Å²) in [5, 5.41) is 25.1. The number of pyridine rings is 2. The number of aryl methyl sites for hydroxylation is 1. The molecule has 0 radical (unpaired) electrons. The minimum absolute atomic E-state index is 0.0402. The Kier molecular flexibility index (Phi) is 6.78. The topological polar surface area (TPSA) is 128 Å². The Bertz CT molecular complexity index is 1470. The van der Waals surface area contributed by atoms with E-state index in [0.717, 1.165) is 21.5 Å². The number of nitrogens with zero attached hydrogens (tertiary/aromatic N) is 4. The van der Waals surface area contributed by atoms with Crippen LogP contribution in [0.1, 0.15) is 30.2 Å². The maximum atomic E-state index is 13.3. The zero-order chi connectivity index (χ0) is 24.2. The summed E-state index contributed by atoms with van der Waals surface area (Å²) in [6, 6.07) is 17.4. The van der Waals surface area contributed by atoms with Gasteiger partial charge >= 0.3 is 0 Å². The molecule has 3 N–H and O–H groups in total. The molecule has 0 saturated heterocycles. The van der Waals surface area contributed by atoms with Crippen LogP contribution < -0.4 is 11.1 Å². The molecule has 168 valence electrons. The van der Waals surface area contributed by atoms with Crippen molar-refractivity contribution in [3.8, 4) is 22.6 Å². The first-order chi connectivity index (χ1) is 16.5. The number of para-hydroxylation sites is 1. The maximum absolute atomic E-state index is 13.3. The van der Waals surface area contributed by atoms with Crippen LogP contribution in [0.2, 0.25) is 0 Å². The van der Waals surface area contributed by atoms with Gasteiger partial charge in [-0.25, -0.2) is 4.98 Å². The predicted octanol–water partition coefficient (Wildman–Crippen LogP) is 5.50. The lowest BCUT2D eigenvalue weighted by molar-refractivity contribution is -0.115. The maximum Gasteiger partial charge on any atom is 0.237 e. The van der Waals surface area contributed by atoms with E-state index in [4.69, 9.17) is 5.73 Å². The number of carbonyl (C=O) groups is 1. The number of thioether (sulfide) groups is 1. The van der Waals surface area contributed by atoms with Gasteiger partial charge in [-0.15, -0.1) is 11.3 Å². The van der Waals surface area contributed by atoms with Crippen molar-refractivity contribution in [1.82, 2.24) is 9.97 Å². The highest BCUT2D eigenvalue weighted by molar-refractivity contribution is 8.00. The minimum Gasteiger partial charge on any atom is -0.383 e. The number of rotatable bonds is 6. The molecule has 3 aromatic heterocycles. The van der Waals surface area contributed by atoms with Crippen LogP contribution in [0.5, 0.6) is 0 Å². The first-order valence-electron chi connectivity index (χ1n) is 10.5. The molecule has 0 fully saturated rings. The highest BCUT2D eigenvalue weighted by Gasteiger charge is 2.26. The number of nitrogens with one attached hydrogen (secondary N) is 1. The first-order valence-corrected chi connectivity index (χ1v) is 12.2. The Morgan fingerprint density at radius 1 is 1.18 bits per heavy atom. The molecule has 7 nitrogen and oxygen atoms in total. The fourth-order valence-corrected chi connectivity index (χ4v) is 5.43. The van der Waals surface area contributed by atoms with Crippen LogP contribution in [0, 0.1) is 29.6 Å². The molecule has 1 amide bonds. The molecule has 0 bridgehead atoms. The first kappa shape index (κ1) is 23.2. The van der Waals surface area contributed by atoms with Crippen molar-refractivity contribution in [3.05, 3.63) is 64.7 Å². The van der Waals surface area contributed by atoms with Crippen LogP contribution in [0.4, 0.5) is 11.5 Å². The Hall–Kier alpha value is -3.92. The molecule has 0 aliphatic heterocycles. The van der Waals surface area contributed by atoms with E-state index in [1.165, 1.54) is 23.1 Å². The van der Waals surface area contributed by atoms with Crippen LogP contribution in [0.3, 0.4) is 0 Å². The number of benzene rings is 1. The Morgan fingerprint density at radius 2 is 1.94 bits per heavy atom. The van der Waals surface area contributed by atoms with Gasteiger partial charge in [-0.1, -0.05) is 43.0 Å². The lowest BCUT2D eigenvalue weighted by Crippen LogP contribution is -2.25. The summed E-state index contributed by atoms with van der Waals surface area (Å²) in [5.74, 6) is -0.173. The van der Waals surface area contributed by atoms with E-state index in [-0.39, 0.29) is 22.9 Å². The van der Waals surface area contributed by atoms with Gasteiger partial charge in [-0.3, -0.25) is 9.78 Å². The van der Waals surface area contributed by atoms with Crippen molar-refractivity contribution in [2.75, 3.05) is 11.1 Å². The molecular formula is C25H20N6OS2. The highest BCUT2D eigenvalue weighted by Crippen LogP contribution is 2.39. The van der Waals surface area contributed by atoms with Crippen molar-refractivity contribution in [3.63, 3.8) is 0 Å². The summed E-state index contributed by atoms with van der Waals surface area (Å²) in [4.78, 5) is 22.9. The zero-order valence-corrected chi connectivity index (χ0v) is 20.1. The third-order valence-electron chi connectivity index (χ3n) is 5.20. The third kappa shape index (κ3) is 4.44. The molecule has 4 aromatic rings. The lowest BCUT2D eigenvalue weighted by atomic mass is 10.0. The second kappa shape index (κ2) is 9.92. The fourth-order valence-electron chi connectivity index (χ4n) is 3.63. The molecule has 0 aliphatic rings. The Balaban J connectivity index is 1.70. The summed E-state index contributed by atoms with van der Waals surface area (Å²) in [6.45, 7) is 3.77. The van der Waals surface area contributed by atoms with E-state index in [9.17, 15) is 15.3 Å². The standard InChI is InChI=1S/C25H20N6OS2/c1-3-20(24(32)30-19-11-14(2)29-18-8-5-4-7-15(18)19)34-25-17(13-27)22(21-9-6-10-33-21)16(12-26)23(28)31-25/h4-11,20H,3H2,1-2H3,(H2,28,31)(H,29,30,32). The summed E-state index contributed by atoms with van der Waals surface area (Å²) in [6.07, 6.45) is 0.499. The quantitative estimate of drug-likeness (QED) is 0.346. The SMILES string of the molecule is CCC(Sc1nc(N)c(C#N)c(-c2cccs2)c1C#N)C(=O)Nc1cc(C)nc2ccccc12. The summed E-state index contributed by atoms with van der Waals surface area (Å²) in [5.41, 5.74) is 9.24. The van der Waals surface area contributed by atoms with Crippen LogP contribution in [-0.2, 0) is 4.79 Å². The predicted molar refractivity (Wildman–Crippen MR) is 136 cm³/mol. The van der Waals surface area contributed by atoms with Crippen molar-refractivity contribution in [2.45, 2.75) is 30.5 Å². The molecule has 34 heavy (non-hydrogen) atoms. The second-order valence-electron chi connectivity index (χ2n) is 7.46. The van der Waals surface area contributed by atoms with Crippen LogP contribution in [0.15, 0.2) is 52.9 Å². The fraction of sp³-hybridized carbons (Fsp3) is 0.160. The van der Waals surface area contributed by atoms with Crippen molar-refractivity contribution >= 4 is 51.4 Å². The molecule has 3 heterocycles. The number of fused-ring (bicyclic) bond motifs is 1. The van der Waals surface area contributed by atoms with Gasteiger partial charge in [0.2, 0.25) is 5.91 Å². The van der Waals surface area contributed by atoms with Gasteiger partial charge in [0.25, 0.3) is 0 Å². The normalized spacial score (nSPS) is 11.5. The summed E-state index contributed by atoms with van der Waals surface area (Å²) in [7, 11) is 0. The number of nitrogens with two attached hydrogens (primary N) is 1. The largest absolute Gasteiger partial charge is 0.383 e. The molecule has 1 aromatic carbocycles. The van der Waals surface area contributed by atoms with E-state index in [1.54, 1.807) is 0 Å². The van der Waals surface area contributed by atoms with Crippen LogP contribution in [-0.4, -0.2) is 21.1 Å². The Morgan fingerprint density at radius 3 is 2.62 bits per heavy atom. The van der Waals surface area contributed by atoms with Gasteiger partial charge in [-0.05, 0) is 36.9 Å². The third-order valence-corrected chi connectivity index (χ3v) is 7.44. The molecule has 0 spiro atoms. The molecule has 0 aliphatic carbocycles. The number of carbonyl (C=O) groups excluding carboxylic acids is 1. The zero-order valence-electron chi connectivity index (χ0n) is 18.5. The van der Waals surface area contributed by atoms with Crippen LogP contribution >= 0.6 is 23.1 Å². The van der Waals surface area contributed by atoms with Gasteiger partial charge in [0.05, 0.1) is 22.0 Å². The molecular weight excluding hydrogens is 464 g/mol. The molecule has 9 heteroatoms. The summed E-state index contributed by atoms with van der Waals surface area (Å²) >= 11 is 2.58. The smallest absolute Gasteiger partial charge is 0.237 e. The van der Waals surface area contributed by atoms with Crippen molar-refractivity contribution in [1.29, 1.82) is 10.5 Å². The van der Waals surface area contributed by atoms with E-state index >= 15 is 0 Å².